The maximum Gasteiger partial charge on any atom is 0.336 e. The van der Waals surface area contributed by atoms with Crippen molar-refractivity contribution in [3.8, 4) is 0 Å². The first-order valence-corrected chi connectivity index (χ1v) is 10.0. The fraction of sp³-hybridized carbons (Fsp3) is 0.409. The Morgan fingerprint density at radius 1 is 1.06 bits per heavy atom. The van der Waals surface area contributed by atoms with E-state index in [4.69, 9.17) is 14.2 Å². The number of carbonyl (C=O) groups excluding carboxylic acids is 3. The van der Waals surface area contributed by atoms with Crippen molar-refractivity contribution in [2.75, 3.05) is 27.0 Å². The Bertz CT molecular complexity index is 1040. The highest BCUT2D eigenvalue weighted by atomic mass is 19.3. The molecule has 34 heavy (non-hydrogen) atoms. The number of nitrogens with one attached hydrogen (secondary N) is 1. The van der Waals surface area contributed by atoms with Crippen LogP contribution in [0.3, 0.4) is 0 Å². The zero-order valence-corrected chi connectivity index (χ0v) is 18.5. The topological polar surface area (TPSA) is 90.9 Å². The van der Waals surface area contributed by atoms with E-state index in [1.165, 1.54) is 6.92 Å². The Kier molecular flexibility index (Phi) is 9.16. The lowest BCUT2D eigenvalue weighted by atomic mass is 9.77. The van der Waals surface area contributed by atoms with Gasteiger partial charge in [-0.2, -0.15) is 0 Å². The molecule has 1 atom stereocenters. The molecule has 0 fully saturated rings. The molecule has 1 heterocycles. The second-order valence-electron chi connectivity index (χ2n) is 6.96. The van der Waals surface area contributed by atoms with Gasteiger partial charge in [0, 0.05) is 25.1 Å². The fourth-order valence-corrected chi connectivity index (χ4v) is 3.57. The van der Waals surface area contributed by atoms with Gasteiger partial charge >= 0.3 is 17.9 Å². The van der Waals surface area contributed by atoms with E-state index in [0.717, 1.165) is 14.0 Å². The third-order valence-corrected chi connectivity index (χ3v) is 4.85. The predicted molar refractivity (Wildman–Crippen MR) is 107 cm³/mol. The second kappa shape index (κ2) is 11.6. The molecule has 0 aromatic heterocycles. The molecule has 1 N–H and O–H groups in total. The van der Waals surface area contributed by atoms with Crippen LogP contribution in [0.4, 0.5) is 22.0 Å². The first kappa shape index (κ1) is 26.8. The molecule has 7 nitrogen and oxygen atoms in total. The van der Waals surface area contributed by atoms with Crippen molar-refractivity contribution < 1.29 is 50.5 Å². The van der Waals surface area contributed by atoms with Gasteiger partial charge in [0.15, 0.2) is 0 Å². The molecule has 0 bridgehead atoms. The van der Waals surface area contributed by atoms with Gasteiger partial charge in [-0.15, -0.1) is 0 Å². The van der Waals surface area contributed by atoms with E-state index < -0.39 is 83.9 Å². The lowest BCUT2D eigenvalue weighted by Gasteiger charge is -2.33. The summed E-state index contributed by atoms with van der Waals surface area (Å²) in [5.41, 5.74) is -3.55. The molecule has 12 heteroatoms. The van der Waals surface area contributed by atoms with Crippen molar-refractivity contribution in [1.29, 1.82) is 0 Å². The van der Waals surface area contributed by atoms with Crippen LogP contribution in [0.1, 0.15) is 43.7 Å². The molecule has 1 aliphatic rings. The van der Waals surface area contributed by atoms with Crippen LogP contribution in [-0.4, -0.2) is 44.9 Å². The number of rotatable bonds is 9. The first-order chi connectivity index (χ1) is 16.1. The van der Waals surface area contributed by atoms with E-state index in [1.54, 1.807) is 0 Å². The van der Waals surface area contributed by atoms with E-state index in [9.17, 15) is 36.3 Å². The van der Waals surface area contributed by atoms with E-state index in [0.29, 0.717) is 6.07 Å². The number of esters is 3. The zero-order valence-electron chi connectivity index (χ0n) is 18.5. The van der Waals surface area contributed by atoms with E-state index >= 15 is 0 Å². The number of hydrogen-bond donors (Lipinski definition) is 1. The minimum atomic E-state index is -3.48. The highest BCUT2D eigenvalue weighted by molar-refractivity contribution is 6.00. The lowest BCUT2D eigenvalue weighted by Crippen LogP contribution is -2.36. The van der Waals surface area contributed by atoms with Gasteiger partial charge in [-0.05, 0) is 18.6 Å². The Hall–Kier alpha value is -3.44. The van der Waals surface area contributed by atoms with Crippen LogP contribution in [0.5, 0.6) is 0 Å². The summed E-state index contributed by atoms with van der Waals surface area (Å²) in [4.78, 5) is 37.0. The van der Waals surface area contributed by atoms with Gasteiger partial charge in [0.25, 0.3) is 6.43 Å². The Morgan fingerprint density at radius 2 is 1.71 bits per heavy atom. The summed E-state index contributed by atoms with van der Waals surface area (Å²) in [6.07, 6.45) is -3.96. The highest BCUT2D eigenvalue weighted by Crippen LogP contribution is 2.44. The van der Waals surface area contributed by atoms with Crippen molar-refractivity contribution >= 4 is 17.9 Å². The standard InChI is InChI=1S/C22H22F5NO6/c1-4-33-22(31)19-15(9-34-10(2)29)28-14(5-6-23)18(21(30)32-3)17(19)12-7-11(24)8-13(25)16(12)20(26)27/h7-8,17,20,28H,4-6,9H2,1-3H3. The summed E-state index contributed by atoms with van der Waals surface area (Å²) in [6.45, 7) is 0.632. The SMILES string of the molecule is CCOC(=O)C1=C(COC(C)=O)NC(CCF)=C(C(=O)OC)C1c1cc(F)cc(F)c1C(F)F. The van der Waals surface area contributed by atoms with Crippen LogP contribution < -0.4 is 5.32 Å². The Labute approximate surface area is 191 Å². The average molecular weight is 491 g/mol. The van der Waals surface area contributed by atoms with Gasteiger partial charge in [-0.25, -0.2) is 27.2 Å². The zero-order chi connectivity index (χ0) is 25.6. The van der Waals surface area contributed by atoms with Gasteiger partial charge in [-0.3, -0.25) is 9.18 Å². The molecule has 2 rings (SSSR count). The summed E-state index contributed by atoms with van der Waals surface area (Å²) in [7, 11) is 0.946. The van der Waals surface area contributed by atoms with Crippen molar-refractivity contribution in [3.05, 3.63) is 57.4 Å². The van der Waals surface area contributed by atoms with Gasteiger partial charge in [0.05, 0.1) is 48.7 Å². The van der Waals surface area contributed by atoms with Gasteiger partial charge in [-0.1, -0.05) is 0 Å². The molecule has 0 aliphatic carbocycles. The minimum absolute atomic E-state index is 0.191. The maximum atomic E-state index is 14.5. The summed E-state index contributed by atoms with van der Waals surface area (Å²) in [5, 5.41) is 2.61. The van der Waals surface area contributed by atoms with Crippen molar-refractivity contribution in [2.24, 2.45) is 0 Å². The normalized spacial score (nSPS) is 15.9. The molecule has 1 aliphatic heterocycles. The number of hydrogen-bond acceptors (Lipinski definition) is 7. The molecule has 0 saturated carbocycles. The third-order valence-electron chi connectivity index (χ3n) is 4.85. The van der Waals surface area contributed by atoms with E-state index in [1.807, 2.05) is 0 Å². The number of benzene rings is 1. The Morgan fingerprint density at radius 3 is 2.24 bits per heavy atom. The lowest BCUT2D eigenvalue weighted by molar-refractivity contribution is -0.142. The van der Waals surface area contributed by atoms with Crippen LogP contribution in [-0.2, 0) is 28.6 Å². The molecular weight excluding hydrogens is 469 g/mol. The van der Waals surface area contributed by atoms with Gasteiger partial charge in [0.1, 0.15) is 18.2 Å². The van der Waals surface area contributed by atoms with Crippen LogP contribution in [0.2, 0.25) is 0 Å². The number of allylic oxidation sites excluding steroid dienone is 1. The molecule has 0 radical (unpaired) electrons. The van der Waals surface area contributed by atoms with E-state index in [-0.39, 0.29) is 24.1 Å². The first-order valence-electron chi connectivity index (χ1n) is 10.0. The number of dihydropyridines is 1. The summed E-state index contributed by atoms with van der Waals surface area (Å²) in [5.74, 6) is -7.84. The van der Waals surface area contributed by atoms with Crippen molar-refractivity contribution in [2.45, 2.75) is 32.6 Å². The van der Waals surface area contributed by atoms with Crippen molar-refractivity contribution in [1.82, 2.24) is 5.32 Å². The van der Waals surface area contributed by atoms with Crippen LogP contribution in [0, 0.1) is 11.6 Å². The number of ether oxygens (including phenoxy) is 3. The third kappa shape index (κ3) is 5.72. The molecule has 0 amide bonds. The monoisotopic (exact) mass is 491 g/mol. The summed E-state index contributed by atoms with van der Waals surface area (Å²) < 4.78 is 84.4. The van der Waals surface area contributed by atoms with Crippen LogP contribution in [0.25, 0.3) is 0 Å². The second-order valence-corrected chi connectivity index (χ2v) is 6.96. The largest absolute Gasteiger partial charge is 0.466 e. The number of halogens is 5. The molecule has 0 saturated heterocycles. The average Bonchev–Trinajstić information content (AvgIpc) is 2.75. The number of carbonyl (C=O) groups is 3. The number of methoxy groups -OCH3 is 1. The quantitative estimate of drug-likeness (QED) is 0.320. The number of alkyl halides is 3. The van der Waals surface area contributed by atoms with Crippen LogP contribution >= 0.6 is 0 Å². The Balaban J connectivity index is 2.98. The molecular formula is C22H22F5NO6. The smallest absolute Gasteiger partial charge is 0.336 e. The van der Waals surface area contributed by atoms with Gasteiger partial charge < -0.3 is 19.5 Å². The molecule has 186 valence electrons. The van der Waals surface area contributed by atoms with E-state index in [2.05, 4.69) is 5.32 Å². The maximum absolute atomic E-state index is 14.5. The molecule has 1 aromatic carbocycles. The molecule has 1 unspecified atom stereocenters. The minimum Gasteiger partial charge on any atom is -0.466 e. The van der Waals surface area contributed by atoms with Gasteiger partial charge in [0.2, 0.25) is 0 Å². The van der Waals surface area contributed by atoms with Crippen LogP contribution in [0.15, 0.2) is 34.7 Å². The molecule has 0 spiro atoms. The summed E-state index contributed by atoms with van der Waals surface area (Å²) >= 11 is 0. The van der Waals surface area contributed by atoms with Crippen molar-refractivity contribution in [3.63, 3.8) is 0 Å². The summed E-state index contributed by atoms with van der Waals surface area (Å²) in [6, 6.07) is 0.767. The predicted octanol–water partition coefficient (Wildman–Crippen LogP) is 3.76. The molecule has 1 aromatic rings. The highest BCUT2D eigenvalue weighted by Gasteiger charge is 2.42. The fourth-order valence-electron chi connectivity index (χ4n) is 3.57.